The minimum absolute atomic E-state index is 0. The van der Waals surface area contributed by atoms with Crippen LogP contribution in [0.15, 0.2) is 29.3 Å². The van der Waals surface area contributed by atoms with Gasteiger partial charge in [0.25, 0.3) is 0 Å². The topological polar surface area (TPSA) is 42.9 Å². The van der Waals surface area contributed by atoms with Crippen LogP contribution < -0.4 is 15.5 Å². The van der Waals surface area contributed by atoms with E-state index in [9.17, 15) is 0 Å². The highest BCUT2D eigenvalue weighted by Crippen LogP contribution is 2.27. The maximum atomic E-state index is 6.38. The van der Waals surface area contributed by atoms with Crippen LogP contribution >= 0.6 is 35.6 Å². The van der Waals surface area contributed by atoms with Gasteiger partial charge < -0.3 is 20.4 Å². The summed E-state index contributed by atoms with van der Waals surface area (Å²) in [5.41, 5.74) is 1.13. The van der Waals surface area contributed by atoms with Crippen molar-refractivity contribution < 1.29 is 0 Å². The summed E-state index contributed by atoms with van der Waals surface area (Å²) in [4.78, 5) is 9.24. The van der Waals surface area contributed by atoms with Gasteiger partial charge in [-0.15, -0.1) is 24.0 Å². The molecule has 5 nitrogen and oxygen atoms in total. The van der Waals surface area contributed by atoms with Crippen molar-refractivity contribution in [3.8, 4) is 0 Å². The maximum absolute atomic E-state index is 6.38. The quantitative estimate of drug-likeness (QED) is 0.374. The van der Waals surface area contributed by atoms with Gasteiger partial charge in [0.1, 0.15) is 0 Å². The Balaban J connectivity index is 0.00000261. The Morgan fingerprint density at radius 3 is 2.70 bits per heavy atom. The normalized spacial score (nSPS) is 24.3. The van der Waals surface area contributed by atoms with Gasteiger partial charge in [0, 0.05) is 39.3 Å². The predicted molar refractivity (Wildman–Crippen MR) is 127 cm³/mol. The molecule has 1 aromatic carbocycles. The van der Waals surface area contributed by atoms with Gasteiger partial charge in [0.2, 0.25) is 0 Å². The van der Waals surface area contributed by atoms with E-state index in [0.29, 0.717) is 12.0 Å². The summed E-state index contributed by atoms with van der Waals surface area (Å²) < 4.78 is 0. The van der Waals surface area contributed by atoms with Gasteiger partial charge in [0.05, 0.1) is 10.7 Å². The van der Waals surface area contributed by atoms with Gasteiger partial charge in [-0.2, -0.15) is 0 Å². The van der Waals surface area contributed by atoms with Crippen LogP contribution in [0, 0.1) is 5.92 Å². The summed E-state index contributed by atoms with van der Waals surface area (Å²) in [6, 6.07) is 8.51. The molecule has 2 aliphatic heterocycles. The van der Waals surface area contributed by atoms with Crippen LogP contribution in [-0.4, -0.2) is 63.7 Å². The third-order valence-corrected chi connectivity index (χ3v) is 5.78. The van der Waals surface area contributed by atoms with E-state index < -0.39 is 0 Å². The molecule has 2 fully saturated rings. The number of nitrogens with zero attached hydrogens (tertiary/aromatic N) is 3. The highest BCUT2D eigenvalue weighted by molar-refractivity contribution is 14.0. The second kappa shape index (κ2) is 11.3. The summed E-state index contributed by atoms with van der Waals surface area (Å²) in [5.74, 6) is 1.63. The summed E-state index contributed by atoms with van der Waals surface area (Å²) in [6.45, 7) is 5.40. The lowest BCUT2D eigenvalue weighted by Crippen LogP contribution is -2.52. The largest absolute Gasteiger partial charge is 0.368 e. The molecular weight excluding hydrogens is 473 g/mol. The van der Waals surface area contributed by atoms with Crippen LogP contribution in [0.2, 0.25) is 5.02 Å². The van der Waals surface area contributed by atoms with Gasteiger partial charge in [-0.3, -0.25) is 4.99 Å². The Kier molecular flexibility index (Phi) is 9.45. The van der Waals surface area contributed by atoms with E-state index in [0.717, 1.165) is 49.1 Å². The van der Waals surface area contributed by atoms with E-state index in [-0.39, 0.29) is 24.0 Å². The van der Waals surface area contributed by atoms with Crippen LogP contribution in [0.4, 0.5) is 5.69 Å². The number of rotatable bonds is 4. The summed E-state index contributed by atoms with van der Waals surface area (Å²) >= 11 is 6.38. The van der Waals surface area contributed by atoms with Crippen LogP contribution in [-0.2, 0) is 0 Å². The highest BCUT2D eigenvalue weighted by Gasteiger charge is 2.23. The fourth-order valence-electron chi connectivity index (χ4n) is 4.09. The van der Waals surface area contributed by atoms with E-state index in [1.165, 1.54) is 25.9 Å². The molecule has 0 bridgehead atoms. The lowest BCUT2D eigenvalue weighted by Gasteiger charge is -2.36. The molecule has 2 N–H and O–H groups in total. The Labute approximate surface area is 185 Å². The lowest BCUT2D eigenvalue weighted by atomic mass is 9.98. The Morgan fingerprint density at radius 1 is 1.19 bits per heavy atom. The minimum atomic E-state index is 0. The van der Waals surface area contributed by atoms with E-state index in [1.807, 2.05) is 19.2 Å². The summed E-state index contributed by atoms with van der Waals surface area (Å²) in [5, 5.41) is 7.99. The number of hydrogen-bond donors (Lipinski definition) is 2. The average Bonchev–Trinajstić information content (AvgIpc) is 2.66. The first kappa shape index (κ1) is 22.6. The number of nitrogens with one attached hydrogen (secondary N) is 2. The molecule has 0 radical (unpaired) electrons. The molecule has 0 aliphatic carbocycles. The number of halogens is 2. The van der Waals surface area contributed by atoms with Gasteiger partial charge in [-0.1, -0.05) is 23.7 Å². The third kappa shape index (κ3) is 6.68. The minimum Gasteiger partial charge on any atom is -0.368 e. The Morgan fingerprint density at radius 2 is 1.96 bits per heavy atom. The molecule has 2 aliphatic rings. The number of hydrogen-bond acceptors (Lipinski definition) is 3. The second-order valence-corrected chi connectivity index (χ2v) is 8.01. The third-order valence-electron chi connectivity index (χ3n) is 5.46. The maximum Gasteiger partial charge on any atom is 0.191 e. The van der Waals surface area contributed by atoms with Crippen molar-refractivity contribution in [3.63, 3.8) is 0 Å². The lowest BCUT2D eigenvalue weighted by molar-refractivity contribution is 0.210. The molecule has 0 spiro atoms. The zero-order valence-electron chi connectivity index (χ0n) is 16.5. The number of para-hydroxylation sites is 1. The van der Waals surface area contributed by atoms with Gasteiger partial charge in [-0.25, -0.2) is 0 Å². The molecule has 2 atom stereocenters. The van der Waals surface area contributed by atoms with Crippen LogP contribution in [0.5, 0.6) is 0 Å². The van der Waals surface area contributed by atoms with Crippen LogP contribution in [0.1, 0.15) is 25.7 Å². The molecule has 0 aromatic heterocycles. The number of aliphatic imine (C=N–C) groups is 1. The second-order valence-electron chi connectivity index (χ2n) is 7.60. The van der Waals surface area contributed by atoms with Crippen molar-refractivity contribution in [2.75, 3.05) is 51.7 Å². The van der Waals surface area contributed by atoms with Crippen molar-refractivity contribution in [2.45, 2.75) is 31.7 Å². The number of likely N-dealkylation sites (tertiary alicyclic amines) is 1. The Hall–Kier alpha value is -0.730. The highest BCUT2D eigenvalue weighted by atomic mass is 127. The number of benzene rings is 1. The van der Waals surface area contributed by atoms with E-state index >= 15 is 0 Å². The summed E-state index contributed by atoms with van der Waals surface area (Å²) in [7, 11) is 4.07. The standard InChI is InChI=1S/C20H32ClN5.HI/c1-22-20(23-13-16-7-5-11-25(2)14-16)24-17-8-6-12-26(15-17)19-10-4-3-9-18(19)21;/h3-4,9-10,16-17H,5-8,11-15H2,1-2H3,(H2,22,23,24);1H. The van der Waals surface area contributed by atoms with Crippen molar-refractivity contribution in [3.05, 3.63) is 29.3 Å². The number of anilines is 1. The smallest absolute Gasteiger partial charge is 0.191 e. The van der Waals surface area contributed by atoms with E-state index in [2.05, 4.69) is 44.6 Å². The first-order chi connectivity index (χ1) is 12.7. The molecular formula is C20H33ClIN5. The average molecular weight is 506 g/mol. The molecule has 7 heteroatoms. The SMILES string of the molecule is CN=C(NCC1CCCN(C)C1)NC1CCCN(c2ccccc2Cl)C1.I. The number of piperidine rings is 2. The zero-order valence-corrected chi connectivity index (χ0v) is 19.5. The van der Waals surface area contributed by atoms with Crippen molar-refractivity contribution in [1.82, 2.24) is 15.5 Å². The van der Waals surface area contributed by atoms with E-state index in [4.69, 9.17) is 11.6 Å². The monoisotopic (exact) mass is 505 g/mol. The van der Waals surface area contributed by atoms with Crippen LogP contribution in [0.25, 0.3) is 0 Å². The zero-order chi connectivity index (χ0) is 18.4. The fraction of sp³-hybridized carbons (Fsp3) is 0.650. The molecule has 0 saturated carbocycles. The van der Waals surface area contributed by atoms with Gasteiger partial charge in [-0.05, 0) is 57.3 Å². The molecule has 2 saturated heterocycles. The molecule has 27 heavy (non-hydrogen) atoms. The van der Waals surface area contributed by atoms with Crippen molar-refractivity contribution in [1.29, 1.82) is 0 Å². The molecule has 152 valence electrons. The molecule has 2 unspecified atom stereocenters. The van der Waals surface area contributed by atoms with E-state index in [1.54, 1.807) is 0 Å². The van der Waals surface area contributed by atoms with Crippen molar-refractivity contribution >= 4 is 47.2 Å². The van der Waals surface area contributed by atoms with Gasteiger partial charge >= 0.3 is 0 Å². The molecule has 3 rings (SSSR count). The fourth-order valence-corrected chi connectivity index (χ4v) is 4.35. The van der Waals surface area contributed by atoms with Crippen LogP contribution in [0.3, 0.4) is 0 Å². The van der Waals surface area contributed by atoms with Crippen molar-refractivity contribution in [2.24, 2.45) is 10.9 Å². The first-order valence-electron chi connectivity index (χ1n) is 9.81. The molecule has 1 aromatic rings. The molecule has 0 amide bonds. The summed E-state index contributed by atoms with van der Waals surface area (Å²) in [6.07, 6.45) is 4.92. The number of guanidine groups is 1. The predicted octanol–water partition coefficient (Wildman–Crippen LogP) is 3.43. The Bertz CT molecular complexity index is 612. The first-order valence-corrected chi connectivity index (χ1v) is 10.2. The van der Waals surface area contributed by atoms with Gasteiger partial charge in [0.15, 0.2) is 5.96 Å². The molecule has 2 heterocycles.